The largest absolute Gasteiger partial charge is 0.459 e. The van der Waals surface area contributed by atoms with Crippen molar-refractivity contribution in [2.45, 2.75) is 0 Å². The number of furan rings is 1. The molecule has 0 atom stereocenters. The first-order valence-corrected chi connectivity index (χ1v) is 4.62. The van der Waals surface area contributed by atoms with Gasteiger partial charge in [0.25, 0.3) is 5.89 Å². The van der Waals surface area contributed by atoms with Gasteiger partial charge in [-0.2, -0.15) is 10.1 Å². The Labute approximate surface area is 89.1 Å². The minimum absolute atomic E-state index is 0.158. The molecule has 0 saturated carbocycles. The van der Waals surface area contributed by atoms with Crippen LogP contribution in [0.4, 0.5) is 0 Å². The molecule has 0 fully saturated rings. The highest BCUT2D eigenvalue weighted by Gasteiger charge is 2.12. The molecule has 6 nitrogen and oxygen atoms in total. The zero-order chi connectivity index (χ0) is 11.1. The van der Waals surface area contributed by atoms with E-state index in [4.69, 9.17) is 8.83 Å². The fourth-order valence-electron chi connectivity index (χ4n) is 1.48. The molecule has 0 saturated heterocycles. The van der Waals surface area contributed by atoms with Crippen molar-refractivity contribution < 1.29 is 8.83 Å². The van der Waals surface area contributed by atoms with Crippen molar-refractivity contribution in [3.8, 4) is 11.7 Å². The summed E-state index contributed by atoms with van der Waals surface area (Å²) in [6.07, 6.45) is 2.92. The van der Waals surface area contributed by atoms with Crippen LogP contribution in [0.5, 0.6) is 0 Å². The van der Waals surface area contributed by atoms with Gasteiger partial charge in [0.15, 0.2) is 11.4 Å². The van der Waals surface area contributed by atoms with E-state index in [0.29, 0.717) is 16.8 Å². The molecule has 3 heterocycles. The van der Waals surface area contributed by atoms with E-state index in [-0.39, 0.29) is 5.89 Å². The lowest BCUT2D eigenvalue weighted by atomic mass is 10.4. The molecule has 0 radical (unpaired) electrons. The molecule has 0 aliphatic carbocycles. The second-order valence-electron chi connectivity index (χ2n) is 3.29. The summed E-state index contributed by atoms with van der Waals surface area (Å²) in [5.74, 6) is 0.575. The number of aromatic nitrogens is 3. The molecule has 0 aliphatic rings. The van der Waals surface area contributed by atoms with Gasteiger partial charge in [0.05, 0.1) is 12.5 Å². The van der Waals surface area contributed by atoms with E-state index in [1.165, 1.54) is 17.1 Å². The van der Waals surface area contributed by atoms with Gasteiger partial charge < -0.3 is 8.83 Å². The Balaban J connectivity index is 2.36. The molecule has 3 aromatic heterocycles. The zero-order valence-electron chi connectivity index (χ0n) is 8.38. The van der Waals surface area contributed by atoms with Gasteiger partial charge in [-0.05, 0) is 12.1 Å². The maximum Gasteiger partial charge on any atom is 0.350 e. The average Bonchev–Trinajstić information content (AvgIpc) is 2.88. The van der Waals surface area contributed by atoms with Crippen molar-refractivity contribution in [2.24, 2.45) is 7.05 Å². The Bertz CT molecular complexity index is 694. The topological polar surface area (TPSA) is 74.1 Å². The van der Waals surface area contributed by atoms with Crippen LogP contribution in [0.15, 0.2) is 38.2 Å². The standard InChI is InChI=1S/C10H7N3O3/c1-13-8-6(5-11-13)10(14)16-9(12-8)7-3-2-4-15-7/h2-5H,1H3. The normalized spacial score (nSPS) is 11.1. The Hall–Kier alpha value is -2.37. The van der Waals surface area contributed by atoms with Crippen LogP contribution < -0.4 is 5.63 Å². The van der Waals surface area contributed by atoms with Crippen molar-refractivity contribution >= 4 is 11.0 Å². The summed E-state index contributed by atoms with van der Waals surface area (Å²) in [6.45, 7) is 0. The molecule has 0 aliphatic heterocycles. The van der Waals surface area contributed by atoms with Crippen molar-refractivity contribution in [3.05, 3.63) is 35.0 Å². The minimum Gasteiger partial charge on any atom is -0.459 e. The summed E-state index contributed by atoms with van der Waals surface area (Å²) < 4.78 is 11.7. The first-order valence-electron chi connectivity index (χ1n) is 4.62. The van der Waals surface area contributed by atoms with E-state index < -0.39 is 5.63 Å². The molecule has 3 aromatic rings. The van der Waals surface area contributed by atoms with Gasteiger partial charge >= 0.3 is 5.63 Å². The maximum absolute atomic E-state index is 11.6. The van der Waals surface area contributed by atoms with E-state index in [0.717, 1.165) is 0 Å². The van der Waals surface area contributed by atoms with Gasteiger partial charge in [0.1, 0.15) is 5.39 Å². The van der Waals surface area contributed by atoms with Gasteiger partial charge in [-0.15, -0.1) is 0 Å². The molecular formula is C10H7N3O3. The molecule has 0 bridgehead atoms. The lowest BCUT2D eigenvalue weighted by molar-refractivity contribution is 0.481. The number of rotatable bonds is 1. The molecule has 6 heteroatoms. The minimum atomic E-state index is -0.468. The summed E-state index contributed by atoms with van der Waals surface area (Å²) in [5.41, 5.74) is 0.00662. The fraction of sp³-hybridized carbons (Fsp3) is 0.100. The maximum atomic E-state index is 11.6. The lowest BCUT2D eigenvalue weighted by Gasteiger charge is -1.95. The molecule has 16 heavy (non-hydrogen) atoms. The first-order chi connectivity index (χ1) is 7.75. The van der Waals surface area contributed by atoms with Gasteiger partial charge in [0.2, 0.25) is 0 Å². The van der Waals surface area contributed by atoms with Crippen LogP contribution in [-0.4, -0.2) is 14.8 Å². The van der Waals surface area contributed by atoms with Crippen LogP contribution in [0.1, 0.15) is 0 Å². The lowest BCUT2D eigenvalue weighted by Crippen LogP contribution is -2.03. The molecule has 0 aromatic carbocycles. The molecular weight excluding hydrogens is 210 g/mol. The van der Waals surface area contributed by atoms with Crippen molar-refractivity contribution in [1.82, 2.24) is 14.8 Å². The summed E-state index contributed by atoms with van der Waals surface area (Å²) in [7, 11) is 1.71. The number of nitrogens with zero attached hydrogens (tertiary/aromatic N) is 3. The second kappa shape index (κ2) is 3.06. The van der Waals surface area contributed by atoms with Crippen molar-refractivity contribution in [2.75, 3.05) is 0 Å². The Morgan fingerprint density at radius 3 is 3.06 bits per heavy atom. The van der Waals surface area contributed by atoms with Gasteiger partial charge in [0, 0.05) is 7.05 Å². The van der Waals surface area contributed by atoms with Gasteiger partial charge in [-0.3, -0.25) is 4.68 Å². The molecule has 0 spiro atoms. The van der Waals surface area contributed by atoms with E-state index in [2.05, 4.69) is 10.1 Å². The Morgan fingerprint density at radius 1 is 1.44 bits per heavy atom. The van der Waals surface area contributed by atoms with Gasteiger partial charge in [-0.1, -0.05) is 0 Å². The fourth-order valence-corrected chi connectivity index (χ4v) is 1.48. The molecule has 80 valence electrons. The van der Waals surface area contributed by atoms with E-state index in [1.807, 2.05) is 0 Å². The van der Waals surface area contributed by atoms with Crippen molar-refractivity contribution in [3.63, 3.8) is 0 Å². The number of fused-ring (bicyclic) bond motifs is 1. The highest BCUT2D eigenvalue weighted by atomic mass is 16.4. The van der Waals surface area contributed by atoms with E-state index in [9.17, 15) is 4.79 Å². The Morgan fingerprint density at radius 2 is 2.31 bits per heavy atom. The van der Waals surface area contributed by atoms with Crippen molar-refractivity contribution in [1.29, 1.82) is 0 Å². The second-order valence-corrected chi connectivity index (χ2v) is 3.29. The van der Waals surface area contributed by atoms with Crippen LogP contribution in [0.25, 0.3) is 22.7 Å². The third-order valence-electron chi connectivity index (χ3n) is 2.26. The third-order valence-corrected chi connectivity index (χ3v) is 2.26. The van der Waals surface area contributed by atoms with Crippen LogP contribution >= 0.6 is 0 Å². The van der Waals surface area contributed by atoms with Gasteiger partial charge in [-0.25, -0.2) is 4.79 Å². The smallest absolute Gasteiger partial charge is 0.350 e. The third kappa shape index (κ3) is 1.16. The number of aryl methyl sites for hydroxylation is 1. The van der Waals surface area contributed by atoms with Crippen LogP contribution in [-0.2, 0) is 7.05 Å². The summed E-state index contributed by atoms with van der Waals surface area (Å²) in [4.78, 5) is 15.8. The van der Waals surface area contributed by atoms with E-state index in [1.54, 1.807) is 19.2 Å². The van der Waals surface area contributed by atoms with Crippen LogP contribution in [0, 0.1) is 0 Å². The molecule has 0 unspecified atom stereocenters. The summed E-state index contributed by atoms with van der Waals surface area (Å²) in [5, 5.41) is 4.30. The predicted molar refractivity (Wildman–Crippen MR) is 54.7 cm³/mol. The predicted octanol–water partition coefficient (Wildman–Crippen LogP) is 1.18. The molecule has 0 amide bonds. The average molecular weight is 217 g/mol. The van der Waals surface area contributed by atoms with Crippen LogP contribution in [0.3, 0.4) is 0 Å². The SMILES string of the molecule is Cn1ncc2c(=O)oc(-c3ccco3)nc21. The summed E-state index contributed by atoms with van der Waals surface area (Å²) in [6, 6.07) is 3.37. The highest BCUT2D eigenvalue weighted by Crippen LogP contribution is 2.17. The highest BCUT2D eigenvalue weighted by molar-refractivity contribution is 5.73. The molecule has 0 N–H and O–H groups in total. The Kier molecular flexibility index (Phi) is 1.70. The van der Waals surface area contributed by atoms with E-state index >= 15 is 0 Å². The first kappa shape index (κ1) is 8.90. The zero-order valence-corrected chi connectivity index (χ0v) is 8.38. The number of hydrogen-bond donors (Lipinski definition) is 0. The number of hydrogen-bond acceptors (Lipinski definition) is 5. The van der Waals surface area contributed by atoms with Crippen LogP contribution in [0.2, 0.25) is 0 Å². The molecule has 3 rings (SSSR count). The quantitative estimate of drug-likeness (QED) is 0.611. The monoisotopic (exact) mass is 217 g/mol. The summed E-state index contributed by atoms with van der Waals surface area (Å²) >= 11 is 0.